The molecule has 2 fully saturated rings. The molecule has 3 rings (SSSR count). The van der Waals surface area contributed by atoms with E-state index in [1.54, 1.807) is 6.07 Å². The summed E-state index contributed by atoms with van der Waals surface area (Å²) in [5, 5.41) is 0. The first-order valence-electron chi connectivity index (χ1n) is 7.04. The Hall–Kier alpha value is -0.450. The predicted molar refractivity (Wildman–Crippen MR) is 78.4 cm³/mol. The Kier molecular flexibility index (Phi) is 3.67. The van der Waals surface area contributed by atoms with Crippen molar-refractivity contribution >= 4 is 15.9 Å². The normalized spacial score (nSPS) is 32.5. The summed E-state index contributed by atoms with van der Waals surface area (Å²) in [6.45, 7) is 2.22. The summed E-state index contributed by atoms with van der Waals surface area (Å²) in [7, 11) is 0. The van der Waals surface area contributed by atoms with Crippen molar-refractivity contribution in [2.24, 2.45) is 5.73 Å². The summed E-state index contributed by atoms with van der Waals surface area (Å²) in [6.07, 6.45) is 4.71. The van der Waals surface area contributed by atoms with Crippen LogP contribution in [0.4, 0.5) is 4.39 Å². The fourth-order valence-electron chi connectivity index (χ4n) is 3.83. The second kappa shape index (κ2) is 5.15. The van der Waals surface area contributed by atoms with Crippen LogP contribution in [0.15, 0.2) is 22.7 Å². The highest BCUT2D eigenvalue weighted by atomic mass is 79.9. The minimum atomic E-state index is -0.195. The monoisotopic (exact) mass is 326 g/mol. The molecule has 0 amide bonds. The molecule has 3 unspecified atom stereocenters. The first kappa shape index (κ1) is 13.5. The predicted octanol–water partition coefficient (Wildman–Crippen LogP) is 3.60. The number of hydrogen-bond acceptors (Lipinski definition) is 2. The van der Waals surface area contributed by atoms with Crippen LogP contribution in [0.5, 0.6) is 0 Å². The molecule has 2 saturated heterocycles. The van der Waals surface area contributed by atoms with Crippen LogP contribution in [0, 0.1) is 5.82 Å². The molecule has 2 aliphatic rings. The van der Waals surface area contributed by atoms with Crippen LogP contribution >= 0.6 is 15.9 Å². The third-order valence-electron chi connectivity index (χ3n) is 4.70. The molecule has 19 heavy (non-hydrogen) atoms. The molecule has 0 aliphatic carbocycles. The molecule has 2 heterocycles. The summed E-state index contributed by atoms with van der Waals surface area (Å²) in [4.78, 5) is 2.60. The lowest BCUT2D eigenvalue weighted by Gasteiger charge is -2.41. The van der Waals surface area contributed by atoms with Crippen molar-refractivity contribution in [2.45, 2.75) is 56.8 Å². The molecular formula is C15H20BrFN2. The average Bonchev–Trinajstić information content (AvgIpc) is 2.64. The van der Waals surface area contributed by atoms with E-state index in [9.17, 15) is 4.39 Å². The highest BCUT2D eigenvalue weighted by Crippen LogP contribution is 2.41. The second-order valence-electron chi connectivity index (χ2n) is 5.91. The van der Waals surface area contributed by atoms with E-state index in [1.807, 2.05) is 12.1 Å². The third kappa shape index (κ3) is 2.46. The Morgan fingerprint density at radius 2 is 1.95 bits per heavy atom. The summed E-state index contributed by atoms with van der Waals surface area (Å²) >= 11 is 3.28. The molecule has 1 aromatic rings. The zero-order valence-electron chi connectivity index (χ0n) is 11.2. The SMILES string of the molecule is CC(c1ccc(F)c(Br)c1)N1C2CCC1CC(N)C2. The molecule has 0 radical (unpaired) electrons. The van der Waals surface area contributed by atoms with Crippen LogP contribution < -0.4 is 5.73 Å². The highest BCUT2D eigenvalue weighted by Gasteiger charge is 2.42. The van der Waals surface area contributed by atoms with Crippen LogP contribution in [0.1, 0.15) is 44.2 Å². The van der Waals surface area contributed by atoms with E-state index >= 15 is 0 Å². The first-order valence-corrected chi connectivity index (χ1v) is 7.83. The first-order chi connectivity index (χ1) is 9.06. The largest absolute Gasteiger partial charge is 0.328 e. The van der Waals surface area contributed by atoms with Crippen molar-refractivity contribution < 1.29 is 4.39 Å². The van der Waals surface area contributed by atoms with E-state index in [0.717, 1.165) is 12.8 Å². The highest BCUT2D eigenvalue weighted by molar-refractivity contribution is 9.10. The summed E-state index contributed by atoms with van der Waals surface area (Å²) in [5.74, 6) is -0.195. The van der Waals surface area contributed by atoms with E-state index in [4.69, 9.17) is 5.73 Å². The molecule has 0 saturated carbocycles. The summed E-state index contributed by atoms with van der Waals surface area (Å²) < 4.78 is 13.9. The lowest BCUT2D eigenvalue weighted by molar-refractivity contribution is 0.0853. The zero-order chi connectivity index (χ0) is 13.6. The molecule has 104 valence electrons. The molecule has 1 aromatic carbocycles. The Morgan fingerprint density at radius 1 is 1.32 bits per heavy atom. The van der Waals surface area contributed by atoms with E-state index < -0.39 is 0 Å². The van der Waals surface area contributed by atoms with Gasteiger partial charge in [-0.1, -0.05) is 6.07 Å². The van der Waals surface area contributed by atoms with Gasteiger partial charge in [0.05, 0.1) is 4.47 Å². The Bertz CT molecular complexity index is 465. The lowest BCUT2D eigenvalue weighted by atomic mass is 9.94. The number of halogens is 2. The van der Waals surface area contributed by atoms with Crippen LogP contribution in [0.25, 0.3) is 0 Å². The third-order valence-corrected chi connectivity index (χ3v) is 5.31. The molecule has 0 aromatic heterocycles. The van der Waals surface area contributed by atoms with E-state index in [1.165, 1.54) is 18.4 Å². The molecule has 3 atom stereocenters. The number of nitrogens with zero attached hydrogens (tertiary/aromatic N) is 1. The molecule has 2 aliphatic heterocycles. The summed E-state index contributed by atoms with van der Waals surface area (Å²) in [6, 6.07) is 7.27. The van der Waals surface area contributed by atoms with Gasteiger partial charge in [0.25, 0.3) is 0 Å². The van der Waals surface area contributed by atoms with Crippen molar-refractivity contribution in [3.63, 3.8) is 0 Å². The van der Waals surface area contributed by atoms with Gasteiger partial charge >= 0.3 is 0 Å². The minimum absolute atomic E-state index is 0.195. The van der Waals surface area contributed by atoms with Gasteiger partial charge in [-0.3, -0.25) is 4.90 Å². The quantitative estimate of drug-likeness (QED) is 0.899. The van der Waals surface area contributed by atoms with Crippen molar-refractivity contribution in [2.75, 3.05) is 0 Å². The number of fused-ring (bicyclic) bond motifs is 2. The van der Waals surface area contributed by atoms with Crippen molar-refractivity contribution in [3.05, 3.63) is 34.1 Å². The van der Waals surface area contributed by atoms with Gasteiger partial charge in [0.2, 0.25) is 0 Å². The zero-order valence-corrected chi connectivity index (χ0v) is 12.7. The van der Waals surface area contributed by atoms with Crippen LogP contribution in [-0.2, 0) is 0 Å². The van der Waals surface area contributed by atoms with Gasteiger partial charge < -0.3 is 5.73 Å². The molecular weight excluding hydrogens is 307 g/mol. The number of hydrogen-bond donors (Lipinski definition) is 1. The number of benzene rings is 1. The Morgan fingerprint density at radius 3 is 2.53 bits per heavy atom. The second-order valence-corrected chi connectivity index (χ2v) is 6.77. The van der Waals surface area contributed by atoms with Crippen molar-refractivity contribution in [1.82, 2.24) is 4.90 Å². The number of nitrogens with two attached hydrogens (primary N) is 1. The van der Waals surface area contributed by atoms with Gasteiger partial charge in [0, 0.05) is 24.2 Å². The smallest absolute Gasteiger partial charge is 0.137 e. The minimum Gasteiger partial charge on any atom is -0.328 e. The van der Waals surface area contributed by atoms with Gasteiger partial charge in [-0.15, -0.1) is 0 Å². The van der Waals surface area contributed by atoms with Crippen molar-refractivity contribution in [1.29, 1.82) is 0 Å². The van der Waals surface area contributed by atoms with Crippen LogP contribution in [-0.4, -0.2) is 23.0 Å². The van der Waals surface area contributed by atoms with Crippen molar-refractivity contribution in [3.8, 4) is 0 Å². The standard InChI is InChI=1S/C15H20BrFN2/c1-9(10-2-5-15(17)14(16)6-10)19-12-3-4-13(19)8-11(18)7-12/h2,5-6,9,11-13H,3-4,7-8,18H2,1H3. The molecule has 0 spiro atoms. The van der Waals surface area contributed by atoms with E-state index in [0.29, 0.717) is 28.6 Å². The summed E-state index contributed by atoms with van der Waals surface area (Å²) in [5.41, 5.74) is 7.30. The molecule has 2 nitrogen and oxygen atoms in total. The van der Waals surface area contributed by atoms with Gasteiger partial charge in [-0.25, -0.2) is 4.39 Å². The van der Waals surface area contributed by atoms with E-state index in [2.05, 4.69) is 27.8 Å². The Labute approximate surface area is 122 Å². The Balaban J connectivity index is 1.84. The average molecular weight is 327 g/mol. The molecule has 2 N–H and O–H groups in total. The topological polar surface area (TPSA) is 29.3 Å². The van der Waals surface area contributed by atoms with Gasteiger partial charge in [-0.05, 0) is 66.2 Å². The van der Waals surface area contributed by atoms with Crippen LogP contribution in [0.3, 0.4) is 0 Å². The van der Waals surface area contributed by atoms with Gasteiger partial charge in [0.1, 0.15) is 5.82 Å². The van der Waals surface area contributed by atoms with Gasteiger partial charge in [-0.2, -0.15) is 0 Å². The van der Waals surface area contributed by atoms with Gasteiger partial charge in [0.15, 0.2) is 0 Å². The number of piperidine rings is 1. The fourth-order valence-corrected chi connectivity index (χ4v) is 4.23. The molecule has 4 heteroatoms. The maximum atomic E-state index is 13.3. The molecule has 2 bridgehead atoms. The maximum Gasteiger partial charge on any atom is 0.137 e. The maximum absolute atomic E-state index is 13.3. The van der Waals surface area contributed by atoms with E-state index in [-0.39, 0.29) is 5.82 Å². The number of rotatable bonds is 2. The fraction of sp³-hybridized carbons (Fsp3) is 0.600. The lowest BCUT2D eigenvalue weighted by Crippen LogP contribution is -2.48. The van der Waals surface area contributed by atoms with Crippen LogP contribution in [0.2, 0.25) is 0 Å².